The number of thiophene rings is 1. The summed E-state index contributed by atoms with van der Waals surface area (Å²) in [5.74, 6) is 1.45. The zero-order chi connectivity index (χ0) is 21.3. The number of aryl methyl sites for hydroxylation is 1. The van der Waals surface area contributed by atoms with Crippen molar-refractivity contribution in [3.63, 3.8) is 0 Å². The van der Waals surface area contributed by atoms with E-state index < -0.39 is 0 Å². The highest BCUT2D eigenvalue weighted by Crippen LogP contribution is 2.44. The summed E-state index contributed by atoms with van der Waals surface area (Å²) in [4.78, 5) is 32.5. The van der Waals surface area contributed by atoms with Gasteiger partial charge in [-0.25, -0.2) is 4.79 Å². The number of carbonyl (C=O) groups is 2. The van der Waals surface area contributed by atoms with Gasteiger partial charge in [-0.15, -0.1) is 11.3 Å². The molecule has 160 valence electrons. The van der Waals surface area contributed by atoms with Crippen LogP contribution in [0, 0.1) is 25.7 Å². The van der Waals surface area contributed by atoms with Gasteiger partial charge >= 0.3 is 6.09 Å². The zero-order valence-electron chi connectivity index (χ0n) is 17.2. The van der Waals surface area contributed by atoms with Crippen molar-refractivity contribution in [2.24, 2.45) is 11.8 Å². The number of nitrogens with zero attached hydrogens (tertiary/aromatic N) is 3. The summed E-state index contributed by atoms with van der Waals surface area (Å²) in [6, 6.07) is 5.65. The SMILES string of the molecule is Cc1nccc(OC(=O)N2CCC([C@@H](C3CC3)N(C=O)c3ccc(Cl)s3)CC2)c1C. The van der Waals surface area contributed by atoms with Crippen LogP contribution in [0.4, 0.5) is 9.80 Å². The maximum atomic E-state index is 12.7. The van der Waals surface area contributed by atoms with Crippen molar-refractivity contribution in [2.75, 3.05) is 18.0 Å². The lowest BCUT2D eigenvalue weighted by Crippen LogP contribution is -2.48. The van der Waals surface area contributed by atoms with Gasteiger partial charge in [0, 0.05) is 36.6 Å². The molecule has 1 saturated carbocycles. The van der Waals surface area contributed by atoms with Crippen LogP contribution in [0.25, 0.3) is 0 Å². The van der Waals surface area contributed by atoms with Gasteiger partial charge in [0.25, 0.3) is 0 Å². The number of ether oxygens (including phenoxy) is 1. The summed E-state index contributed by atoms with van der Waals surface area (Å²) >= 11 is 7.54. The fourth-order valence-electron chi connectivity index (χ4n) is 4.30. The Bertz CT molecular complexity index is 922. The Balaban J connectivity index is 1.40. The van der Waals surface area contributed by atoms with Gasteiger partial charge in [0.15, 0.2) is 0 Å². The summed E-state index contributed by atoms with van der Waals surface area (Å²) in [5.41, 5.74) is 1.74. The molecule has 4 rings (SSSR count). The summed E-state index contributed by atoms with van der Waals surface area (Å²) in [7, 11) is 0. The van der Waals surface area contributed by atoms with Gasteiger partial charge in [-0.3, -0.25) is 9.78 Å². The molecule has 0 bridgehead atoms. The smallest absolute Gasteiger partial charge is 0.410 e. The number of rotatable bonds is 6. The van der Waals surface area contributed by atoms with E-state index in [1.807, 2.05) is 30.9 Å². The molecule has 0 radical (unpaired) electrons. The second-order valence-corrected chi connectivity index (χ2v) is 9.82. The van der Waals surface area contributed by atoms with E-state index in [1.54, 1.807) is 17.2 Å². The number of anilines is 1. The van der Waals surface area contributed by atoms with E-state index in [-0.39, 0.29) is 12.1 Å². The Morgan fingerprint density at radius 2 is 1.93 bits per heavy atom. The molecule has 2 fully saturated rings. The fourth-order valence-corrected chi connectivity index (χ4v) is 5.34. The fraction of sp³-hybridized carbons (Fsp3) is 0.500. The molecule has 1 saturated heterocycles. The monoisotopic (exact) mass is 447 g/mol. The van der Waals surface area contributed by atoms with Gasteiger partial charge in [-0.1, -0.05) is 11.6 Å². The number of piperidine rings is 1. The van der Waals surface area contributed by atoms with Gasteiger partial charge in [0.05, 0.1) is 9.34 Å². The number of halogens is 1. The maximum Gasteiger partial charge on any atom is 0.415 e. The van der Waals surface area contributed by atoms with Crippen molar-refractivity contribution >= 4 is 40.4 Å². The average molecular weight is 448 g/mol. The van der Waals surface area contributed by atoms with Crippen LogP contribution in [-0.2, 0) is 4.79 Å². The quantitative estimate of drug-likeness (QED) is 0.580. The number of amides is 2. The third kappa shape index (κ3) is 4.47. The molecule has 1 aliphatic heterocycles. The molecule has 0 aromatic carbocycles. The van der Waals surface area contributed by atoms with Crippen molar-refractivity contribution < 1.29 is 14.3 Å². The van der Waals surface area contributed by atoms with Gasteiger partial charge in [0.1, 0.15) is 5.75 Å². The van der Waals surface area contributed by atoms with E-state index in [0.717, 1.165) is 48.4 Å². The van der Waals surface area contributed by atoms with Crippen molar-refractivity contribution in [3.8, 4) is 5.75 Å². The summed E-state index contributed by atoms with van der Waals surface area (Å²) < 4.78 is 6.31. The highest BCUT2D eigenvalue weighted by molar-refractivity contribution is 7.20. The second kappa shape index (κ2) is 8.94. The molecule has 2 aliphatic rings. The minimum absolute atomic E-state index is 0.167. The Labute approximate surface area is 185 Å². The van der Waals surface area contributed by atoms with Crippen LogP contribution >= 0.6 is 22.9 Å². The van der Waals surface area contributed by atoms with Crippen LogP contribution in [-0.4, -0.2) is 41.5 Å². The van der Waals surface area contributed by atoms with E-state index in [9.17, 15) is 9.59 Å². The first-order chi connectivity index (χ1) is 14.5. The molecule has 6 nitrogen and oxygen atoms in total. The van der Waals surface area contributed by atoms with E-state index in [0.29, 0.717) is 35.0 Å². The average Bonchev–Trinajstić information content (AvgIpc) is 3.49. The Morgan fingerprint density at radius 1 is 1.23 bits per heavy atom. The third-order valence-corrected chi connectivity index (χ3v) is 7.48. The number of aromatic nitrogens is 1. The molecule has 0 spiro atoms. The molecule has 2 aromatic rings. The number of pyridine rings is 1. The lowest BCUT2D eigenvalue weighted by molar-refractivity contribution is -0.108. The van der Waals surface area contributed by atoms with Crippen LogP contribution in [0.1, 0.15) is 36.9 Å². The predicted octanol–water partition coefficient (Wildman–Crippen LogP) is 5.07. The molecule has 30 heavy (non-hydrogen) atoms. The van der Waals surface area contributed by atoms with E-state index in [1.165, 1.54) is 11.3 Å². The molecule has 2 amide bonds. The molecule has 0 N–H and O–H groups in total. The van der Waals surface area contributed by atoms with Crippen molar-refractivity contribution in [2.45, 2.75) is 45.6 Å². The molecular formula is C22H26ClN3O3S. The maximum absolute atomic E-state index is 12.7. The Hall–Kier alpha value is -2.12. The number of likely N-dealkylation sites (tertiary alicyclic amines) is 1. The van der Waals surface area contributed by atoms with Crippen LogP contribution in [0.15, 0.2) is 24.4 Å². The largest absolute Gasteiger partial charge is 0.415 e. The number of carbonyl (C=O) groups excluding carboxylic acids is 2. The van der Waals surface area contributed by atoms with E-state index >= 15 is 0 Å². The van der Waals surface area contributed by atoms with Crippen molar-refractivity contribution in [1.82, 2.24) is 9.88 Å². The van der Waals surface area contributed by atoms with Gasteiger partial charge in [0.2, 0.25) is 6.41 Å². The number of hydrogen-bond donors (Lipinski definition) is 0. The van der Waals surface area contributed by atoms with Crippen LogP contribution in [0.2, 0.25) is 4.34 Å². The highest BCUT2D eigenvalue weighted by atomic mass is 35.5. The molecule has 8 heteroatoms. The second-order valence-electron chi connectivity index (χ2n) is 8.13. The summed E-state index contributed by atoms with van der Waals surface area (Å²) in [6.07, 6.45) is 6.29. The first kappa shape index (κ1) is 21.1. The van der Waals surface area contributed by atoms with Crippen LogP contribution < -0.4 is 9.64 Å². The van der Waals surface area contributed by atoms with E-state index in [2.05, 4.69) is 4.98 Å². The zero-order valence-corrected chi connectivity index (χ0v) is 18.8. The molecular weight excluding hydrogens is 422 g/mol. The summed E-state index contributed by atoms with van der Waals surface area (Å²) in [5, 5.41) is 0.900. The third-order valence-electron chi connectivity index (χ3n) is 6.24. The highest BCUT2D eigenvalue weighted by Gasteiger charge is 2.42. The van der Waals surface area contributed by atoms with Crippen molar-refractivity contribution in [3.05, 3.63) is 40.0 Å². The van der Waals surface area contributed by atoms with Crippen LogP contribution in [0.3, 0.4) is 0 Å². The Morgan fingerprint density at radius 3 is 2.53 bits per heavy atom. The minimum Gasteiger partial charge on any atom is -0.410 e. The topological polar surface area (TPSA) is 62.7 Å². The lowest BCUT2D eigenvalue weighted by atomic mass is 9.86. The van der Waals surface area contributed by atoms with Gasteiger partial charge in [-0.2, -0.15) is 0 Å². The predicted molar refractivity (Wildman–Crippen MR) is 118 cm³/mol. The van der Waals surface area contributed by atoms with Gasteiger partial charge in [-0.05, 0) is 69.6 Å². The standard InChI is InChI=1S/C22H26ClN3O3S/c1-14-15(2)24-10-7-18(14)29-22(28)25-11-8-17(9-12-25)21(16-3-4-16)26(13-27)20-6-5-19(23)30-20/h5-7,10,13,16-17,21H,3-4,8-9,11-12H2,1-2H3/t21-/m1/s1. The molecule has 1 aliphatic carbocycles. The van der Waals surface area contributed by atoms with Gasteiger partial charge < -0.3 is 14.5 Å². The molecule has 2 aromatic heterocycles. The lowest BCUT2D eigenvalue weighted by Gasteiger charge is -2.39. The van der Waals surface area contributed by atoms with Crippen LogP contribution in [0.5, 0.6) is 5.75 Å². The number of hydrogen-bond acceptors (Lipinski definition) is 5. The first-order valence-electron chi connectivity index (χ1n) is 10.4. The normalized spacial score (nSPS) is 18.2. The molecule has 3 heterocycles. The first-order valence-corrected chi connectivity index (χ1v) is 11.5. The Kier molecular flexibility index (Phi) is 6.29. The van der Waals surface area contributed by atoms with E-state index in [4.69, 9.17) is 16.3 Å². The van der Waals surface area contributed by atoms with Crippen molar-refractivity contribution in [1.29, 1.82) is 0 Å². The minimum atomic E-state index is -0.317. The summed E-state index contributed by atoms with van der Waals surface area (Å²) in [6.45, 7) is 5.07. The molecule has 0 unspecified atom stereocenters. The molecule has 1 atom stereocenters.